The molecule has 0 saturated carbocycles. The number of nitrogens with one attached hydrogen (secondary N) is 2. The summed E-state index contributed by atoms with van der Waals surface area (Å²) in [6, 6.07) is 13.1. The summed E-state index contributed by atoms with van der Waals surface area (Å²) in [5, 5.41) is 5.55. The molecule has 0 saturated heterocycles. The van der Waals surface area contributed by atoms with Gasteiger partial charge in [-0.2, -0.15) is 0 Å². The molecule has 5 nitrogen and oxygen atoms in total. The third-order valence-corrected chi connectivity index (χ3v) is 3.94. The maximum atomic E-state index is 12.1. The summed E-state index contributed by atoms with van der Waals surface area (Å²) >= 11 is 0. The first-order valence-corrected chi connectivity index (χ1v) is 8.34. The van der Waals surface area contributed by atoms with Crippen LogP contribution in [0.25, 0.3) is 0 Å². The largest absolute Gasteiger partial charge is 0.336 e. The lowest BCUT2D eigenvalue weighted by Crippen LogP contribution is -2.39. The Labute approximate surface area is 149 Å². The molecule has 0 heterocycles. The molecule has 2 rings (SSSR count). The number of carbonyl (C=O) groups is 2. The molecular formula is C20H25N3O2. The normalized spacial score (nSPS) is 10.2. The number of para-hydroxylation sites is 1. The smallest absolute Gasteiger partial charge is 0.319 e. The lowest BCUT2D eigenvalue weighted by atomic mass is 10.0. The summed E-state index contributed by atoms with van der Waals surface area (Å²) in [6.07, 6.45) is 0. The first kappa shape index (κ1) is 18.5. The van der Waals surface area contributed by atoms with Gasteiger partial charge in [0.15, 0.2) is 0 Å². The van der Waals surface area contributed by atoms with E-state index in [0.29, 0.717) is 13.1 Å². The standard InChI is InChI=1S/C20H25N3O2/c1-14-12-15(2)19(16(3)13-14)23(17(4)24)11-10-21-20(25)22-18-8-6-5-7-9-18/h5-9,12-13H,10-11H2,1-4H3,(H2,21,22,25). The van der Waals surface area contributed by atoms with Crippen molar-refractivity contribution in [1.29, 1.82) is 0 Å². The van der Waals surface area contributed by atoms with Gasteiger partial charge < -0.3 is 15.5 Å². The van der Waals surface area contributed by atoms with Gasteiger partial charge in [0, 0.05) is 31.4 Å². The fraction of sp³-hybridized carbons (Fsp3) is 0.300. The van der Waals surface area contributed by atoms with Crippen molar-refractivity contribution in [1.82, 2.24) is 5.32 Å². The van der Waals surface area contributed by atoms with E-state index in [4.69, 9.17) is 0 Å². The van der Waals surface area contributed by atoms with Crippen LogP contribution in [0.1, 0.15) is 23.6 Å². The summed E-state index contributed by atoms with van der Waals surface area (Å²) in [5.41, 5.74) is 4.93. The van der Waals surface area contributed by atoms with Crippen molar-refractivity contribution in [3.05, 3.63) is 59.2 Å². The van der Waals surface area contributed by atoms with Gasteiger partial charge in [0.1, 0.15) is 0 Å². The molecule has 0 aromatic heterocycles. The van der Waals surface area contributed by atoms with E-state index < -0.39 is 0 Å². The molecule has 0 radical (unpaired) electrons. The van der Waals surface area contributed by atoms with Gasteiger partial charge >= 0.3 is 6.03 Å². The Morgan fingerprint density at radius 3 is 2.16 bits per heavy atom. The molecule has 0 bridgehead atoms. The highest BCUT2D eigenvalue weighted by Crippen LogP contribution is 2.26. The van der Waals surface area contributed by atoms with Crippen LogP contribution in [0.5, 0.6) is 0 Å². The van der Waals surface area contributed by atoms with E-state index in [-0.39, 0.29) is 11.9 Å². The fourth-order valence-electron chi connectivity index (χ4n) is 3.00. The molecule has 132 valence electrons. The minimum absolute atomic E-state index is 0.0414. The Hall–Kier alpha value is -2.82. The maximum absolute atomic E-state index is 12.1. The number of amides is 3. The minimum Gasteiger partial charge on any atom is -0.336 e. The quantitative estimate of drug-likeness (QED) is 0.871. The summed E-state index contributed by atoms with van der Waals surface area (Å²) in [4.78, 5) is 25.8. The van der Waals surface area contributed by atoms with Crippen LogP contribution in [0.2, 0.25) is 0 Å². The Kier molecular flexibility index (Phi) is 6.17. The van der Waals surface area contributed by atoms with Crippen molar-refractivity contribution in [3.63, 3.8) is 0 Å². The second kappa shape index (κ2) is 8.33. The van der Waals surface area contributed by atoms with Gasteiger partial charge in [-0.1, -0.05) is 35.9 Å². The van der Waals surface area contributed by atoms with Crippen LogP contribution < -0.4 is 15.5 Å². The molecule has 5 heteroatoms. The van der Waals surface area contributed by atoms with Crippen LogP contribution in [0.4, 0.5) is 16.2 Å². The third kappa shape index (κ3) is 5.08. The molecule has 0 aliphatic carbocycles. The van der Waals surface area contributed by atoms with E-state index in [2.05, 4.69) is 22.8 Å². The number of aryl methyl sites for hydroxylation is 3. The molecule has 0 spiro atoms. The van der Waals surface area contributed by atoms with Crippen molar-refractivity contribution < 1.29 is 9.59 Å². The molecule has 0 unspecified atom stereocenters. The SMILES string of the molecule is CC(=O)N(CCNC(=O)Nc1ccccc1)c1c(C)cc(C)cc1C. The van der Waals surface area contributed by atoms with E-state index in [1.807, 2.05) is 51.1 Å². The molecule has 2 aromatic rings. The van der Waals surface area contributed by atoms with Gasteiger partial charge in [-0.25, -0.2) is 4.79 Å². The Morgan fingerprint density at radius 2 is 1.60 bits per heavy atom. The van der Waals surface area contributed by atoms with E-state index in [9.17, 15) is 9.59 Å². The highest BCUT2D eigenvalue weighted by atomic mass is 16.2. The van der Waals surface area contributed by atoms with Crippen LogP contribution in [0.15, 0.2) is 42.5 Å². The van der Waals surface area contributed by atoms with Crippen molar-refractivity contribution in [2.75, 3.05) is 23.3 Å². The number of nitrogens with zero attached hydrogens (tertiary/aromatic N) is 1. The molecule has 2 aromatic carbocycles. The van der Waals surface area contributed by atoms with Crippen LogP contribution in [-0.2, 0) is 4.79 Å². The zero-order valence-electron chi connectivity index (χ0n) is 15.2. The number of hydrogen-bond acceptors (Lipinski definition) is 2. The molecule has 0 aliphatic heterocycles. The molecule has 0 atom stereocenters. The van der Waals surface area contributed by atoms with E-state index in [1.54, 1.807) is 11.8 Å². The number of carbonyl (C=O) groups excluding carboxylic acids is 2. The molecule has 0 fully saturated rings. The van der Waals surface area contributed by atoms with Crippen LogP contribution >= 0.6 is 0 Å². The third-order valence-electron chi connectivity index (χ3n) is 3.94. The molecule has 0 aliphatic rings. The van der Waals surface area contributed by atoms with Crippen molar-refractivity contribution in [2.24, 2.45) is 0 Å². The first-order valence-electron chi connectivity index (χ1n) is 8.34. The molecule has 3 amide bonds. The Balaban J connectivity index is 1.99. The predicted octanol–water partition coefficient (Wildman–Crippen LogP) is 3.79. The zero-order valence-corrected chi connectivity index (χ0v) is 15.2. The summed E-state index contributed by atoms with van der Waals surface area (Å²) in [6.45, 7) is 8.37. The number of anilines is 2. The minimum atomic E-state index is -0.285. The Bertz CT molecular complexity index is 734. The van der Waals surface area contributed by atoms with Gasteiger partial charge in [-0.3, -0.25) is 4.79 Å². The average Bonchev–Trinajstić information content (AvgIpc) is 2.53. The monoisotopic (exact) mass is 339 g/mol. The number of benzene rings is 2. The number of hydrogen-bond donors (Lipinski definition) is 2. The summed E-state index contributed by atoms with van der Waals surface area (Å²) in [5.74, 6) is -0.0414. The van der Waals surface area contributed by atoms with Gasteiger partial charge in [-0.15, -0.1) is 0 Å². The zero-order chi connectivity index (χ0) is 18.4. The topological polar surface area (TPSA) is 61.4 Å². The van der Waals surface area contributed by atoms with Crippen molar-refractivity contribution >= 4 is 23.3 Å². The molecule has 2 N–H and O–H groups in total. The van der Waals surface area contributed by atoms with E-state index in [0.717, 1.165) is 22.5 Å². The van der Waals surface area contributed by atoms with Crippen molar-refractivity contribution in [3.8, 4) is 0 Å². The van der Waals surface area contributed by atoms with Crippen LogP contribution in [0.3, 0.4) is 0 Å². The van der Waals surface area contributed by atoms with E-state index in [1.165, 1.54) is 5.56 Å². The fourth-order valence-corrected chi connectivity index (χ4v) is 3.00. The molecule has 25 heavy (non-hydrogen) atoms. The van der Waals surface area contributed by atoms with Crippen molar-refractivity contribution in [2.45, 2.75) is 27.7 Å². The molecular weight excluding hydrogens is 314 g/mol. The van der Waals surface area contributed by atoms with Crippen LogP contribution in [0, 0.1) is 20.8 Å². The van der Waals surface area contributed by atoms with Gasteiger partial charge in [0.2, 0.25) is 5.91 Å². The second-order valence-electron chi connectivity index (χ2n) is 6.16. The summed E-state index contributed by atoms with van der Waals surface area (Å²) < 4.78 is 0. The van der Waals surface area contributed by atoms with Gasteiger partial charge in [-0.05, 0) is 44.0 Å². The van der Waals surface area contributed by atoms with Crippen LogP contribution in [-0.4, -0.2) is 25.0 Å². The van der Waals surface area contributed by atoms with Gasteiger partial charge in [0.25, 0.3) is 0 Å². The first-order chi connectivity index (χ1) is 11.9. The average molecular weight is 339 g/mol. The lowest BCUT2D eigenvalue weighted by molar-refractivity contribution is -0.116. The highest BCUT2D eigenvalue weighted by molar-refractivity contribution is 5.93. The van der Waals surface area contributed by atoms with Gasteiger partial charge in [0.05, 0.1) is 0 Å². The maximum Gasteiger partial charge on any atom is 0.319 e. The predicted molar refractivity (Wildman–Crippen MR) is 102 cm³/mol. The summed E-state index contributed by atoms with van der Waals surface area (Å²) in [7, 11) is 0. The lowest BCUT2D eigenvalue weighted by Gasteiger charge is -2.25. The van der Waals surface area contributed by atoms with E-state index >= 15 is 0 Å². The Morgan fingerprint density at radius 1 is 1.00 bits per heavy atom. The number of rotatable bonds is 5. The second-order valence-corrected chi connectivity index (χ2v) is 6.16. The number of urea groups is 1. The highest BCUT2D eigenvalue weighted by Gasteiger charge is 2.16.